The molecule has 1 aromatic rings. The average Bonchev–Trinajstić information content (AvgIpc) is 2.60. The minimum Gasteiger partial charge on any atom is -0.461 e. The van der Waals surface area contributed by atoms with E-state index in [4.69, 9.17) is 21.1 Å². The largest absolute Gasteiger partial charge is 0.461 e. The summed E-state index contributed by atoms with van der Waals surface area (Å²) in [7, 11) is 0. The molecule has 0 unspecified atom stereocenters. The minimum atomic E-state index is -0.411. The Kier molecular flexibility index (Phi) is 2.64. The summed E-state index contributed by atoms with van der Waals surface area (Å²) in [5.74, 6) is -0.411. The number of allylic oxidation sites excluding steroid dienone is 1. The highest BCUT2D eigenvalue weighted by Crippen LogP contribution is 2.22. The number of carbonyl (C=O) groups is 1. The van der Waals surface area contributed by atoms with Crippen LogP contribution in [0.2, 0.25) is 0 Å². The van der Waals surface area contributed by atoms with E-state index < -0.39 is 5.97 Å². The Morgan fingerprint density at radius 2 is 2.60 bits per heavy atom. The van der Waals surface area contributed by atoms with E-state index in [0.717, 1.165) is 0 Å². The van der Waals surface area contributed by atoms with Gasteiger partial charge in [0.1, 0.15) is 0 Å². The first-order chi connectivity index (χ1) is 7.22. The quantitative estimate of drug-likeness (QED) is 0.721. The first-order valence-corrected chi connectivity index (χ1v) is 4.86. The highest BCUT2D eigenvalue weighted by atomic mass is 35.5. The molecule has 0 saturated carbocycles. The number of aromatic nitrogens is 2. The SMILES string of the molecule is CCOC(=O)c1cnc2n1CC=C(Cl)O2. The van der Waals surface area contributed by atoms with Crippen LogP contribution in [0.25, 0.3) is 0 Å². The van der Waals surface area contributed by atoms with Crippen molar-refractivity contribution in [2.75, 3.05) is 6.61 Å². The van der Waals surface area contributed by atoms with Gasteiger partial charge in [-0.25, -0.2) is 9.78 Å². The fraction of sp³-hybridized carbons (Fsp3) is 0.333. The molecule has 0 aliphatic carbocycles. The van der Waals surface area contributed by atoms with Crippen LogP contribution in [-0.4, -0.2) is 22.1 Å². The fourth-order valence-corrected chi connectivity index (χ4v) is 1.41. The monoisotopic (exact) mass is 228 g/mol. The van der Waals surface area contributed by atoms with Gasteiger partial charge in [0.15, 0.2) is 10.9 Å². The van der Waals surface area contributed by atoms with Crippen LogP contribution < -0.4 is 4.74 Å². The summed E-state index contributed by atoms with van der Waals surface area (Å²) in [5, 5.41) is 0.267. The van der Waals surface area contributed by atoms with Crippen molar-refractivity contribution < 1.29 is 14.3 Å². The van der Waals surface area contributed by atoms with Crippen LogP contribution in [0, 0.1) is 0 Å². The van der Waals surface area contributed by atoms with Crippen LogP contribution in [0.5, 0.6) is 6.01 Å². The summed E-state index contributed by atoms with van der Waals surface area (Å²) in [6.07, 6.45) is 3.07. The lowest BCUT2D eigenvalue weighted by Gasteiger charge is -2.13. The summed E-state index contributed by atoms with van der Waals surface area (Å²) in [6.45, 7) is 2.54. The van der Waals surface area contributed by atoms with Crippen molar-refractivity contribution in [1.29, 1.82) is 0 Å². The summed E-state index contributed by atoms with van der Waals surface area (Å²) >= 11 is 5.66. The van der Waals surface area contributed by atoms with E-state index in [1.165, 1.54) is 6.20 Å². The smallest absolute Gasteiger partial charge is 0.356 e. The molecule has 1 aliphatic rings. The van der Waals surface area contributed by atoms with E-state index in [1.807, 2.05) is 0 Å². The van der Waals surface area contributed by atoms with E-state index in [0.29, 0.717) is 24.9 Å². The summed E-state index contributed by atoms with van der Waals surface area (Å²) < 4.78 is 11.6. The molecule has 80 valence electrons. The van der Waals surface area contributed by atoms with Crippen molar-refractivity contribution in [3.63, 3.8) is 0 Å². The number of carbonyl (C=O) groups excluding carboxylic acids is 1. The highest BCUT2D eigenvalue weighted by Gasteiger charge is 2.21. The standard InChI is InChI=1S/C9H9ClN2O3/c1-2-14-8(13)6-5-11-9-12(6)4-3-7(10)15-9/h3,5H,2,4H2,1H3. The van der Waals surface area contributed by atoms with E-state index in [9.17, 15) is 4.79 Å². The molecule has 0 aromatic carbocycles. The molecule has 6 heteroatoms. The lowest BCUT2D eigenvalue weighted by atomic mass is 10.4. The van der Waals surface area contributed by atoms with Gasteiger partial charge in [0.05, 0.1) is 19.3 Å². The van der Waals surface area contributed by atoms with Crippen LogP contribution in [0.3, 0.4) is 0 Å². The van der Waals surface area contributed by atoms with Crippen LogP contribution in [0.1, 0.15) is 17.4 Å². The predicted molar refractivity (Wildman–Crippen MR) is 52.7 cm³/mol. The lowest BCUT2D eigenvalue weighted by Crippen LogP contribution is -2.15. The van der Waals surface area contributed by atoms with Crippen molar-refractivity contribution in [1.82, 2.24) is 9.55 Å². The Hall–Kier alpha value is -1.49. The number of ether oxygens (including phenoxy) is 2. The van der Waals surface area contributed by atoms with E-state index in [-0.39, 0.29) is 5.22 Å². The number of hydrogen-bond acceptors (Lipinski definition) is 4. The van der Waals surface area contributed by atoms with Crippen LogP contribution in [0.4, 0.5) is 0 Å². The number of esters is 1. The first kappa shape index (κ1) is 10.0. The zero-order valence-electron chi connectivity index (χ0n) is 8.07. The number of imidazole rings is 1. The van der Waals surface area contributed by atoms with Gasteiger partial charge in [0.25, 0.3) is 0 Å². The molecule has 0 bridgehead atoms. The third-order valence-electron chi connectivity index (χ3n) is 1.93. The molecule has 0 radical (unpaired) electrons. The van der Waals surface area contributed by atoms with E-state index in [2.05, 4.69) is 4.98 Å². The van der Waals surface area contributed by atoms with Gasteiger partial charge in [-0.15, -0.1) is 0 Å². The molecule has 0 saturated heterocycles. The van der Waals surface area contributed by atoms with E-state index in [1.54, 1.807) is 17.6 Å². The van der Waals surface area contributed by atoms with Gasteiger partial charge in [0.2, 0.25) is 0 Å². The molecule has 2 heterocycles. The van der Waals surface area contributed by atoms with Gasteiger partial charge < -0.3 is 9.47 Å². The predicted octanol–water partition coefficient (Wildman–Crippen LogP) is 1.53. The minimum absolute atomic E-state index is 0.267. The van der Waals surface area contributed by atoms with Crippen molar-refractivity contribution in [2.45, 2.75) is 13.5 Å². The molecule has 0 spiro atoms. The Morgan fingerprint density at radius 1 is 1.80 bits per heavy atom. The van der Waals surface area contributed by atoms with Crippen LogP contribution in [-0.2, 0) is 11.3 Å². The summed E-state index contributed by atoms with van der Waals surface area (Å²) in [6, 6.07) is 0.311. The molecule has 0 fully saturated rings. The average molecular weight is 229 g/mol. The third kappa shape index (κ3) is 1.83. The van der Waals surface area contributed by atoms with Gasteiger partial charge in [-0.05, 0) is 24.6 Å². The molecule has 0 N–H and O–H groups in total. The maximum atomic E-state index is 11.5. The van der Waals surface area contributed by atoms with Crippen molar-refractivity contribution in [2.24, 2.45) is 0 Å². The molecular formula is C9H9ClN2O3. The second kappa shape index (κ2) is 3.94. The van der Waals surface area contributed by atoms with Gasteiger partial charge in [-0.1, -0.05) is 0 Å². The number of fused-ring (bicyclic) bond motifs is 1. The molecule has 1 aliphatic heterocycles. The Bertz CT molecular complexity index is 425. The van der Waals surface area contributed by atoms with Crippen molar-refractivity contribution in [3.05, 3.63) is 23.2 Å². The Labute approximate surface area is 91.3 Å². The van der Waals surface area contributed by atoms with Gasteiger partial charge >= 0.3 is 12.0 Å². The summed E-state index contributed by atoms with van der Waals surface area (Å²) in [4.78, 5) is 15.4. The second-order valence-corrected chi connectivity index (χ2v) is 3.24. The molecule has 0 atom stereocenters. The highest BCUT2D eigenvalue weighted by molar-refractivity contribution is 6.28. The van der Waals surface area contributed by atoms with Crippen LogP contribution >= 0.6 is 11.6 Å². The van der Waals surface area contributed by atoms with Crippen molar-refractivity contribution in [3.8, 4) is 6.01 Å². The maximum Gasteiger partial charge on any atom is 0.356 e. The third-order valence-corrected chi connectivity index (χ3v) is 2.16. The first-order valence-electron chi connectivity index (χ1n) is 4.48. The second-order valence-electron chi connectivity index (χ2n) is 2.87. The lowest BCUT2D eigenvalue weighted by molar-refractivity contribution is 0.0513. The van der Waals surface area contributed by atoms with Crippen molar-refractivity contribution >= 4 is 17.6 Å². The van der Waals surface area contributed by atoms with Gasteiger partial charge in [-0.2, -0.15) is 0 Å². The van der Waals surface area contributed by atoms with Gasteiger partial charge in [0, 0.05) is 0 Å². The number of nitrogens with zero attached hydrogens (tertiary/aromatic N) is 2. The molecule has 1 aromatic heterocycles. The zero-order chi connectivity index (χ0) is 10.8. The zero-order valence-corrected chi connectivity index (χ0v) is 8.82. The Morgan fingerprint density at radius 3 is 3.33 bits per heavy atom. The normalized spacial score (nSPS) is 13.9. The van der Waals surface area contributed by atoms with E-state index >= 15 is 0 Å². The molecular weight excluding hydrogens is 220 g/mol. The maximum absolute atomic E-state index is 11.5. The molecule has 5 nitrogen and oxygen atoms in total. The number of rotatable bonds is 2. The molecule has 2 rings (SSSR count). The molecule has 15 heavy (non-hydrogen) atoms. The topological polar surface area (TPSA) is 53.3 Å². The molecule has 0 amide bonds. The Balaban J connectivity index is 2.27. The number of halogens is 1. The van der Waals surface area contributed by atoms with Crippen LogP contribution in [0.15, 0.2) is 17.5 Å². The summed E-state index contributed by atoms with van der Waals surface area (Å²) in [5.41, 5.74) is 0.368. The van der Waals surface area contributed by atoms with Gasteiger partial charge in [-0.3, -0.25) is 4.57 Å². The number of hydrogen-bond donors (Lipinski definition) is 0. The fourth-order valence-electron chi connectivity index (χ4n) is 1.28.